The Balaban J connectivity index is 2.53. The fourth-order valence-electron chi connectivity index (χ4n) is 1.19. The van der Waals surface area contributed by atoms with Crippen LogP contribution in [-0.4, -0.2) is 6.04 Å². The van der Waals surface area contributed by atoms with Gasteiger partial charge in [0.1, 0.15) is 0 Å². The average molecular weight is 211 g/mol. The van der Waals surface area contributed by atoms with E-state index in [1.165, 1.54) is 6.07 Å². The zero-order valence-electron chi connectivity index (χ0n) is 8.71. The van der Waals surface area contributed by atoms with E-state index >= 15 is 0 Å². The van der Waals surface area contributed by atoms with E-state index < -0.39 is 11.6 Å². The molecule has 82 valence electrons. The molecule has 2 N–H and O–H groups in total. The van der Waals surface area contributed by atoms with Crippen molar-refractivity contribution in [1.29, 1.82) is 0 Å². The monoisotopic (exact) mass is 211 g/mol. The molecule has 0 aliphatic rings. The number of benzene rings is 1. The van der Waals surface area contributed by atoms with Crippen LogP contribution < -0.4 is 5.73 Å². The molecule has 0 saturated carbocycles. The van der Waals surface area contributed by atoms with Crippen molar-refractivity contribution in [3.8, 4) is 0 Å². The fourth-order valence-corrected chi connectivity index (χ4v) is 1.19. The second-order valence-corrected chi connectivity index (χ2v) is 3.63. The van der Waals surface area contributed by atoms with Crippen molar-refractivity contribution in [2.24, 2.45) is 5.73 Å². The summed E-state index contributed by atoms with van der Waals surface area (Å²) in [7, 11) is 0. The van der Waals surface area contributed by atoms with Crippen molar-refractivity contribution in [2.75, 3.05) is 0 Å². The molecule has 15 heavy (non-hydrogen) atoms. The van der Waals surface area contributed by atoms with Crippen molar-refractivity contribution >= 4 is 6.08 Å². The first-order valence-corrected chi connectivity index (χ1v) is 4.97. The van der Waals surface area contributed by atoms with Gasteiger partial charge in [0.15, 0.2) is 11.6 Å². The quantitative estimate of drug-likeness (QED) is 0.813. The van der Waals surface area contributed by atoms with E-state index in [2.05, 4.69) is 0 Å². The molecule has 0 radical (unpaired) electrons. The van der Waals surface area contributed by atoms with E-state index in [0.717, 1.165) is 18.9 Å². The van der Waals surface area contributed by atoms with Gasteiger partial charge in [-0.3, -0.25) is 0 Å². The molecule has 1 aromatic rings. The van der Waals surface area contributed by atoms with E-state index in [-0.39, 0.29) is 6.04 Å². The summed E-state index contributed by atoms with van der Waals surface area (Å²) < 4.78 is 25.4. The van der Waals surface area contributed by atoms with Crippen LogP contribution in [0.25, 0.3) is 6.08 Å². The molecule has 1 aromatic carbocycles. The summed E-state index contributed by atoms with van der Waals surface area (Å²) in [5.41, 5.74) is 6.24. The van der Waals surface area contributed by atoms with Gasteiger partial charge in [0, 0.05) is 6.04 Å². The fraction of sp³-hybridized carbons (Fsp3) is 0.333. The molecule has 0 aliphatic heterocycles. The third-order valence-electron chi connectivity index (χ3n) is 2.04. The first kappa shape index (κ1) is 11.9. The highest BCUT2D eigenvalue weighted by atomic mass is 19.2. The van der Waals surface area contributed by atoms with E-state index in [1.54, 1.807) is 12.1 Å². The van der Waals surface area contributed by atoms with Gasteiger partial charge in [-0.05, 0) is 37.5 Å². The summed E-state index contributed by atoms with van der Waals surface area (Å²) in [6.07, 6.45) is 5.41. The minimum Gasteiger partial charge on any atom is -0.328 e. The van der Waals surface area contributed by atoms with Crippen molar-refractivity contribution in [2.45, 2.75) is 25.8 Å². The van der Waals surface area contributed by atoms with Gasteiger partial charge < -0.3 is 5.73 Å². The van der Waals surface area contributed by atoms with Crippen LogP contribution in [0.1, 0.15) is 25.3 Å². The average Bonchev–Trinajstić information content (AvgIpc) is 2.18. The maximum atomic E-state index is 12.8. The molecule has 0 saturated heterocycles. The normalized spacial score (nSPS) is 13.3. The molecular formula is C12H15F2N. The van der Waals surface area contributed by atoms with E-state index in [1.807, 2.05) is 13.0 Å². The summed E-state index contributed by atoms with van der Waals surface area (Å²) in [5, 5.41) is 0. The molecule has 3 heteroatoms. The Morgan fingerprint density at radius 2 is 2.07 bits per heavy atom. The molecule has 0 fully saturated rings. The highest BCUT2D eigenvalue weighted by Crippen LogP contribution is 2.10. The molecule has 0 spiro atoms. The van der Waals surface area contributed by atoms with Crippen LogP contribution in [0.3, 0.4) is 0 Å². The molecule has 1 atom stereocenters. The van der Waals surface area contributed by atoms with Gasteiger partial charge in [-0.1, -0.05) is 18.2 Å². The molecule has 1 rings (SSSR count). The van der Waals surface area contributed by atoms with Crippen LogP contribution in [0.4, 0.5) is 8.78 Å². The van der Waals surface area contributed by atoms with E-state index in [0.29, 0.717) is 5.56 Å². The van der Waals surface area contributed by atoms with Crippen molar-refractivity contribution in [3.05, 3.63) is 41.5 Å². The zero-order chi connectivity index (χ0) is 11.3. The standard InChI is InChI=1S/C12H15F2N/c1-9(15)4-2-3-5-10-6-7-11(13)12(14)8-10/h3,5-9H,2,4,15H2,1H3/b5-3+. The molecule has 0 bridgehead atoms. The lowest BCUT2D eigenvalue weighted by atomic mass is 10.1. The summed E-state index contributed by atoms with van der Waals surface area (Å²) in [6, 6.07) is 4.01. The first-order valence-electron chi connectivity index (χ1n) is 4.97. The molecular weight excluding hydrogens is 196 g/mol. The van der Waals surface area contributed by atoms with Gasteiger partial charge in [-0.25, -0.2) is 8.78 Å². The lowest BCUT2D eigenvalue weighted by molar-refractivity contribution is 0.508. The van der Waals surface area contributed by atoms with Crippen LogP contribution in [0.5, 0.6) is 0 Å². The van der Waals surface area contributed by atoms with Gasteiger partial charge in [-0.15, -0.1) is 0 Å². The second-order valence-electron chi connectivity index (χ2n) is 3.63. The number of halogens is 2. The van der Waals surface area contributed by atoms with Gasteiger partial charge >= 0.3 is 0 Å². The molecule has 1 unspecified atom stereocenters. The van der Waals surface area contributed by atoms with Crippen molar-refractivity contribution in [1.82, 2.24) is 0 Å². The van der Waals surface area contributed by atoms with Crippen LogP contribution in [0, 0.1) is 11.6 Å². The molecule has 0 heterocycles. The maximum Gasteiger partial charge on any atom is 0.159 e. The number of rotatable bonds is 4. The minimum atomic E-state index is -0.817. The Hall–Kier alpha value is -1.22. The SMILES string of the molecule is CC(N)CC/C=C/c1ccc(F)c(F)c1. The first-order chi connectivity index (χ1) is 7.09. The highest BCUT2D eigenvalue weighted by Gasteiger charge is 1.99. The zero-order valence-corrected chi connectivity index (χ0v) is 8.71. The van der Waals surface area contributed by atoms with Crippen LogP contribution in [-0.2, 0) is 0 Å². The predicted molar refractivity (Wildman–Crippen MR) is 58.3 cm³/mol. The Morgan fingerprint density at radius 1 is 1.33 bits per heavy atom. The second kappa shape index (κ2) is 5.61. The smallest absolute Gasteiger partial charge is 0.159 e. The van der Waals surface area contributed by atoms with Gasteiger partial charge in [0.05, 0.1) is 0 Å². The number of hydrogen-bond donors (Lipinski definition) is 1. The highest BCUT2D eigenvalue weighted by molar-refractivity contribution is 5.48. The summed E-state index contributed by atoms with van der Waals surface area (Å²) in [6.45, 7) is 1.94. The molecule has 0 aliphatic carbocycles. The third-order valence-corrected chi connectivity index (χ3v) is 2.04. The number of hydrogen-bond acceptors (Lipinski definition) is 1. The summed E-state index contributed by atoms with van der Waals surface area (Å²) >= 11 is 0. The largest absolute Gasteiger partial charge is 0.328 e. The molecule has 0 aromatic heterocycles. The third kappa shape index (κ3) is 4.21. The van der Waals surface area contributed by atoms with Crippen molar-refractivity contribution < 1.29 is 8.78 Å². The lowest BCUT2D eigenvalue weighted by Crippen LogP contribution is -2.13. The number of nitrogens with two attached hydrogens (primary N) is 1. The summed E-state index contributed by atoms with van der Waals surface area (Å²) in [5.74, 6) is -1.63. The topological polar surface area (TPSA) is 26.0 Å². The van der Waals surface area contributed by atoms with Gasteiger partial charge in [0.2, 0.25) is 0 Å². The Bertz CT molecular complexity index is 345. The van der Waals surface area contributed by atoms with E-state index in [9.17, 15) is 8.78 Å². The predicted octanol–water partition coefficient (Wildman–Crippen LogP) is 3.11. The van der Waals surface area contributed by atoms with Gasteiger partial charge in [0.25, 0.3) is 0 Å². The Labute approximate surface area is 88.6 Å². The summed E-state index contributed by atoms with van der Waals surface area (Å²) in [4.78, 5) is 0. The van der Waals surface area contributed by atoms with Crippen LogP contribution >= 0.6 is 0 Å². The van der Waals surface area contributed by atoms with Crippen LogP contribution in [0.15, 0.2) is 24.3 Å². The minimum absolute atomic E-state index is 0.166. The number of allylic oxidation sites excluding steroid dienone is 1. The van der Waals surface area contributed by atoms with Gasteiger partial charge in [-0.2, -0.15) is 0 Å². The Kier molecular flexibility index (Phi) is 4.43. The van der Waals surface area contributed by atoms with E-state index in [4.69, 9.17) is 5.73 Å². The Morgan fingerprint density at radius 3 is 2.67 bits per heavy atom. The maximum absolute atomic E-state index is 12.8. The molecule has 1 nitrogen and oxygen atoms in total. The lowest BCUT2D eigenvalue weighted by Gasteiger charge is -2.00. The van der Waals surface area contributed by atoms with Crippen LogP contribution in [0.2, 0.25) is 0 Å². The molecule has 0 amide bonds. The van der Waals surface area contributed by atoms with Crippen molar-refractivity contribution in [3.63, 3.8) is 0 Å².